The Bertz CT molecular complexity index is 1190. The van der Waals surface area contributed by atoms with E-state index in [4.69, 9.17) is 4.74 Å². The SMILES string of the molecule is COc1ccc(S(=O)(=O)N2CCCc3cc(NC(=O)CCc4ccccc4)ccc32)cc1. The first-order valence-corrected chi connectivity index (χ1v) is 12.0. The van der Waals surface area contributed by atoms with E-state index in [0.717, 1.165) is 17.5 Å². The summed E-state index contributed by atoms with van der Waals surface area (Å²) >= 11 is 0. The van der Waals surface area contributed by atoms with E-state index in [9.17, 15) is 13.2 Å². The summed E-state index contributed by atoms with van der Waals surface area (Å²) in [5.41, 5.74) is 3.38. The van der Waals surface area contributed by atoms with Crippen molar-refractivity contribution in [2.45, 2.75) is 30.6 Å². The quantitative estimate of drug-likeness (QED) is 0.579. The highest BCUT2D eigenvalue weighted by molar-refractivity contribution is 7.92. The number of nitrogens with one attached hydrogen (secondary N) is 1. The minimum atomic E-state index is -3.69. The summed E-state index contributed by atoms with van der Waals surface area (Å²) in [5, 5.41) is 2.94. The normalized spacial score (nSPS) is 13.3. The molecule has 6 nitrogen and oxygen atoms in total. The van der Waals surface area contributed by atoms with E-state index in [1.807, 2.05) is 36.4 Å². The topological polar surface area (TPSA) is 75.7 Å². The number of aryl methyl sites for hydroxylation is 2. The second kappa shape index (κ2) is 9.44. The zero-order chi connectivity index (χ0) is 22.6. The molecule has 0 aromatic heterocycles. The highest BCUT2D eigenvalue weighted by atomic mass is 32.2. The van der Waals surface area contributed by atoms with Crippen LogP contribution in [0.1, 0.15) is 24.0 Å². The van der Waals surface area contributed by atoms with E-state index < -0.39 is 10.0 Å². The third-order valence-electron chi connectivity index (χ3n) is 5.57. The Morgan fingerprint density at radius 2 is 1.78 bits per heavy atom. The highest BCUT2D eigenvalue weighted by Gasteiger charge is 2.29. The van der Waals surface area contributed by atoms with Gasteiger partial charge in [-0.3, -0.25) is 9.10 Å². The second-order valence-electron chi connectivity index (χ2n) is 7.73. The van der Waals surface area contributed by atoms with Crippen LogP contribution in [-0.4, -0.2) is 28.0 Å². The lowest BCUT2D eigenvalue weighted by molar-refractivity contribution is -0.116. The molecule has 0 atom stereocenters. The van der Waals surface area contributed by atoms with Crippen molar-refractivity contribution in [3.8, 4) is 5.75 Å². The zero-order valence-electron chi connectivity index (χ0n) is 18.0. The molecule has 1 heterocycles. The van der Waals surface area contributed by atoms with Gasteiger partial charge >= 0.3 is 0 Å². The lowest BCUT2D eigenvalue weighted by atomic mass is 10.0. The standard InChI is InChI=1S/C25H26N2O4S/c1-31-22-11-13-23(14-12-22)32(29,30)27-17-5-8-20-18-21(10-15-24(20)27)26-25(28)16-9-19-6-3-2-4-7-19/h2-4,6-7,10-15,18H,5,8-9,16-17H2,1H3,(H,26,28). The molecule has 1 N–H and O–H groups in total. The smallest absolute Gasteiger partial charge is 0.264 e. The van der Waals surface area contributed by atoms with E-state index in [2.05, 4.69) is 5.32 Å². The van der Waals surface area contributed by atoms with E-state index in [0.29, 0.717) is 42.9 Å². The predicted molar refractivity (Wildman–Crippen MR) is 126 cm³/mol. The highest BCUT2D eigenvalue weighted by Crippen LogP contribution is 2.34. The number of amides is 1. The van der Waals surface area contributed by atoms with E-state index in [-0.39, 0.29) is 10.8 Å². The number of sulfonamides is 1. The molecule has 3 aromatic rings. The number of carbonyl (C=O) groups excluding carboxylic acids is 1. The number of fused-ring (bicyclic) bond motifs is 1. The number of methoxy groups -OCH3 is 1. The maximum atomic E-state index is 13.2. The fourth-order valence-corrected chi connectivity index (χ4v) is 5.43. The number of anilines is 2. The molecule has 1 amide bonds. The van der Waals surface area contributed by atoms with Gasteiger partial charge in [0, 0.05) is 18.7 Å². The first kappa shape index (κ1) is 21.9. The summed E-state index contributed by atoms with van der Waals surface area (Å²) in [6, 6.07) is 21.7. The third kappa shape index (κ3) is 4.78. The van der Waals surface area contributed by atoms with Crippen molar-refractivity contribution in [2.24, 2.45) is 0 Å². The number of nitrogens with zero attached hydrogens (tertiary/aromatic N) is 1. The summed E-state index contributed by atoms with van der Waals surface area (Å²) in [4.78, 5) is 12.6. The first-order valence-electron chi connectivity index (χ1n) is 10.6. The van der Waals surface area contributed by atoms with Gasteiger partial charge in [0.1, 0.15) is 5.75 Å². The van der Waals surface area contributed by atoms with Crippen LogP contribution in [0.15, 0.2) is 77.7 Å². The van der Waals surface area contributed by atoms with Crippen molar-refractivity contribution >= 4 is 27.3 Å². The van der Waals surface area contributed by atoms with Gasteiger partial charge in [0.05, 0.1) is 17.7 Å². The van der Waals surface area contributed by atoms with Crippen molar-refractivity contribution in [3.05, 3.63) is 83.9 Å². The largest absolute Gasteiger partial charge is 0.497 e. The van der Waals surface area contributed by atoms with Gasteiger partial charge in [0.25, 0.3) is 10.0 Å². The van der Waals surface area contributed by atoms with Crippen molar-refractivity contribution in [1.29, 1.82) is 0 Å². The maximum absolute atomic E-state index is 13.2. The Balaban J connectivity index is 1.49. The van der Waals surface area contributed by atoms with Crippen LogP contribution in [0.2, 0.25) is 0 Å². The summed E-state index contributed by atoms with van der Waals surface area (Å²) < 4.78 is 33.1. The second-order valence-corrected chi connectivity index (χ2v) is 9.60. The van der Waals surface area contributed by atoms with Gasteiger partial charge in [-0.05, 0) is 72.9 Å². The van der Waals surface area contributed by atoms with E-state index >= 15 is 0 Å². The minimum absolute atomic E-state index is 0.0627. The van der Waals surface area contributed by atoms with Gasteiger partial charge in [-0.25, -0.2) is 8.42 Å². The van der Waals surface area contributed by atoms with Crippen LogP contribution < -0.4 is 14.4 Å². The molecule has 7 heteroatoms. The Kier molecular flexibility index (Phi) is 6.46. The molecule has 32 heavy (non-hydrogen) atoms. The molecule has 0 saturated heterocycles. The molecule has 166 valence electrons. The van der Waals surface area contributed by atoms with Crippen LogP contribution in [0.3, 0.4) is 0 Å². The van der Waals surface area contributed by atoms with Crippen LogP contribution >= 0.6 is 0 Å². The zero-order valence-corrected chi connectivity index (χ0v) is 18.8. The molecular weight excluding hydrogens is 424 g/mol. The van der Waals surface area contributed by atoms with E-state index in [1.165, 1.54) is 4.31 Å². The van der Waals surface area contributed by atoms with Crippen molar-refractivity contribution in [1.82, 2.24) is 0 Å². The van der Waals surface area contributed by atoms with Crippen molar-refractivity contribution in [2.75, 3.05) is 23.3 Å². The predicted octanol–water partition coefficient (Wildman–Crippen LogP) is 4.41. The van der Waals surface area contributed by atoms with Crippen LogP contribution in [0.5, 0.6) is 5.75 Å². The monoisotopic (exact) mass is 450 g/mol. The molecule has 1 aliphatic heterocycles. The molecule has 0 radical (unpaired) electrons. The van der Waals surface area contributed by atoms with Crippen LogP contribution in [0.25, 0.3) is 0 Å². The summed E-state index contributed by atoms with van der Waals surface area (Å²) in [6.45, 7) is 0.421. The fraction of sp³-hybridized carbons (Fsp3) is 0.240. The average molecular weight is 451 g/mol. The Labute approximate surface area is 188 Å². The maximum Gasteiger partial charge on any atom is 0.264 e. The van der Waals surface area contributed by atoms with Gasteiger partial charge in [0.15, 0.2) is 0 Å². The Morgan fingerprint density at radius 3 is 2.50 bits per heavy atom. The first-order chi connectivity index (χ1) is 15.5. The molecule has 3 aromatic carbocycles. The molecule has 0 aliphatic carbocycles. The molecule has 0 saturated carbocycles. The summed E-state index contributed by atoms with van der Waals surface area (Å²) in [7, 11) is -2.14. The molecule has 0 fully saturated rings. The van der Waals surface area contributed by atoms with Gasteiger partial charge in [-0.2, -0.15) is 0 Å². The van der Waals surface area contributed by atoms with E-state index in [1.54, 1.807) is 43.5 Å². The third-order valence-corrected chi connectivity index (χ3v) is 7.40. The summed E-state index contributed by atoms with van der Waals surface area (Å²) in [5.74, 6) is 0.544. The number of benzene rings is 3. The van der Waals surface area contributed by atoms with Gasteiger partial charge < -0.3 is 10.1 Å². The molecular formula is C25H26N2O4S. The molecule has 4 rings (SSSR count). The van der Waals surface area contributed by atoms with Crippen LogP contribution in [-0.2, 0) is 27.7 Å². The van der Waals surface area contributed by atoms with Gasteiger partial charge in [-0.15, -0.1) is 0 Å². The van der Waals surface area contributed by atoms with Gasteiger partial charge in [0.2, 0.25) is 5.91 Å². The number of hydrogen-bond acceptors (Lipinski definition) is 4. The van der Waals surface area contributed by atoms with Gasteiger partial charge in [-0.1, -0.05) is 30.3 Å². The fourth-order valence-electron chi connectivity index (χ4n) is 3.89. The van der Waals surface area contributed by atoms with Crippen LogP contribution in [0.4, 0.5) is 11.4 Å². The summed E-state index contributed by atoms with van der Waals surface area (Å²) in [6.07, 6.45) is 2.54. The Hall–Kier alpha value is -3.32. The number of carbonyl (C=O) groups is 1. The van der Waals surface area contributed by atoms with Crippen LogP contribution in [0, 0.1) is 0 Å². The average Bonchev–Trinajstić information content (AvgIpc) is 2.83. The molecule has 0 bridgehead atoms. The molecule has 0 spiro atoms. The molecule has 1 aliphatic rings. The lowest BCUT2D eigenvalue weighted by Crippen LogP contribution is -2.35. The van der Waals surface area contributed by atoms with Crippen molar-refractivity contribution < 1.29 is 17.9 Å². The number of hydrogen-bond donors (Lipinski definition) is 1. The minimum Gasteiger partial charge on any atom is -0.497 e. The molecule has 0 unspecified atom stereocenters. The number of ether oxygens (including phenoxy) is 1. The van der Waals surface area contributed by atoms with Crippen molar-refractivity contribution in [3.63, 3.8) is 0 Å². The Morgan fingerprint density at radius 1 is 1.03 bits per heavy atom. The lowest BCUT2D eigenvalue weighted by Gasteiger charge is -2.31. The number of rotatable bonds is 7.